The van der Waals surface area contributed by atoms with Gasteiger partial charge in [-0.1, -0.05) is 12.1 Å². The second-order valence-electron chi connectivity index (χ2n) is 4.02. The van der Waals surface area contributed by atoms with Crippen molar-refractivity contribution in [1.82, 2.24) is 10.6 Å². The molecule has 2 N–H and O–H groups in total. The van der Waals surface area contributed by atoms with Gasteiger partial charge in [-0.05, 0) is 30.5 Å². The van der Waals surface area contributed by atoms with Crippen molar-refractivity contribution in [3.05, 3.63) is 35.6 Å². The van der Waals surface area contributed by atoms with Crippen LogP contribution < -0.4 is 10.6 Å². The third-order valence-electron chi connectivity index (χ3n) is 2.82. The van der Waals surface area contributed by atoms with Crippen LogP contribution in [0.2, 0.25) is 0 Å². The Labute approximate surface area is 89.9 Å². The van der Waals surface area contributed by atoms with Crippen molar-refractivity contribution in [2.24, 2.45) is 0 Å². The van der Waals surface area contributed by atoms with Crippen molar-refractivity contribution in [2.75, 3.05) is 19.6 Å². The van der Waals surface area contributed by atoms with E-state index in [2.05, 4.69) is 10.6 Å². The topological polar surface area (TPSA) is 24.1 Å². The molecule has 0 aliphatic carbocycles. The highest BCUT2D eigenvalue weighted by Gasteiger charge is 2.11. The number of hydrogen-bond acceptors (Lipinski definition) is 2. The van der Waals surface area contributed by atoms with Crippen molar-refractivity contribution < 1.29 is 4.39 Å². The highest BCUT2D eigenvalue weighted by molar-refractivity contribution is 5.16. The molecule has 1 aliphatic heterocycles. The highest BCUT2D eigenvalue weighted by Crippen LogP contribution is 2.07. The van der Waals surface area contributed by atoms with Gasteiger partial charge in [-0.25, -0.2) is 4.39 Å². The molecule has 15 heavy (non-hydrogen) atoms. The van der Waals surface area contributed by atoms with E-state index in [-0.39, 0.29) is 5.82 Å². The molecule has 0 amide bonds. The lowest BCUT2D eigenvalue weighted by Gasteiger charge is -2.24. The summed E-state index contributed by atoms with van der Waals surface area (Å²) in [5.41, 5.74) is 1.21. The van der Waals surface area contributed by atoms with E-state index in [9.17, 15) is 4.39 Å². The van der Waals surface area contributed by atoms with Gasteiger partial charge in [-0.3, -0.25) is 0 Å². The van der Waals surface area contributed by atoms with Gasteiger partial charge in [0.1, 0.15) is 5.82 Å². The highest BCUT2D eigenvalue weighted by atomic mass is 19.1. The van der Waals surface area contributed by atoms with Crippen molar-refractivity contribution in [3.8, 4) is 0 Å². The van der Waals surface area contributed by atoms with Gasteiger partial charge < -0.3 is 10.6 Å². The summed E-state index contributed by atoms with van der Waals surface area (Å²) in [4.78, 5) is 0. The van der Waals surface area contributed by atoms with Gasteiger partial charge in [0.2, 0.25) is 0 Å². The average Bonchev–Trinajstić information content (AvgIpc) is 2.30. The van der Waals surface area contributed by atoms with Gasteiger partial charge in [-0.15, -0.1) is 0 Å². The van der Waals surface area contributed by atoms with E-state index in [1.165, 1.54) is 17.7 Å². The zero-order chi connectivity index (χ0) is 10.5. The van der Waals surface area contributed by atoms with Crippen LogP contribution in [0.15, 0.2) is 24.3 Å². The smallest absolute Gasteiger partial charge is 0.123 e. The normalized spacial score (nSPS) is 21.5. The Hall–Kier alpha value is -0.930. The van der Waals surface area contributed by atoms with Gasteiger partial charge in [0.15, 0.2) is 0 Å². The molecule has 1 heterocycles. The predicted octanol–water partition coefficient (Wildman–Crippen LogP) is 1.32. The van der Waals surface area contributed by atoms with Crippen LogP contribution in [0.25, 0.3) is 0 Å². The first kappa shape index (κ1) is 10.6. The van der Waals surface area contributed by atoms with Crippen molar-refractivity contribution in [1.29, 1.82) is 0 Å². The molecule has 0 spiro atoms. The first-order chi connectivity index (χ1) is 7.34. The average molecular weight is 208 g/mol. The van der Waals surface area contributed by atoms with E-state index >= 15 is 0 Å². The van der Waals surface area contributed by atoms with E-state index < -0.39 is 0 Å². The van der Waals surface area contributed by atoms with Gasteiger partial charge >= 0.3 is 0 Å². The maximum Gasteiger partial charge on any atom is 0.123 e. The molecule has 1 saturated heterocycles. The van der Waals surface area contributed by atoms with E-state index in [1.54, 1.807) is 0 Å². The number of piperazine rings is 1. The molecular weight excluding hydrogens is 191 g/mol. The maximum absolute atomic E-state index is 12.7. The molecule has 2 nitrogen and oxygen atoms in total. The number of nitrogens with one attached hydrogen (secondary N) is 2. The zero-order valence-corrected chi connectivity index (χ0v) is 8.80. The van der Waals surface area contributed by atoms with E-state index in [0.717, 1.165) is 32.5 Å². The Morgan fingerprint density at radius 3 is 2.67 bits per heavy atom. The van der Waals surface area contributed by atoms with Gasteiger partial charge in [-0.2, -0.15) is 0 Å². The second-order valence-corrected chi connectivity index (χ2v) is 4.02. The third kappa shape index (κ3) is 3.29. The molecule has 2 rings (SSSR count). The molecule has 0 aromatic heterocycles. The van der Waals surface area contributed by atoms with Crippen LogP contribution in [0.1, 0.15) is 12.0 Å². The molecule has 1 aromatic rings. The Morgan fingerprint density at radius 2 is 2.00 bits per heavy atom. The number of halogens is 1. The lowest BCUT2D eigenvalue weighted by Crippen LogP contribution is -2.48. The molecule has 1 fully saturated rings. The third-order valence-corrected chi connectivity index (χ3v) is 2.82. The fourth-order valence-corrected chi connectivity index (χ4v) is 1.91. The van der Waals surface area contributed by atoms with Crippen LogP contribution in [-0.2, 0) is 6.42 Å². The number of benzene rings is 1. The van der Waals surface area contributed by atoms with Gasteiger partial charge in [0.25, 0.3) is 0 Å². The van der Waals surface area contributed by atoms with Crippen molar-refractivity contribution in [3.63, 3.8) is 0 Å². The zero-order valence-electron chi connectivity index (χ0n) is 8.80. The Bertz CT molecular complexity index is 291. The molecule has 82 valence electrons. The first-order valence-corrected chi connectivity index (χ1v) is 5.53. The molecule has 1 aromatic carbocycles. The van der Waals surface area contributed by atoms with E-state index in [1.807, 2.05) is 12.1 Å². The second kappa shape index (κ2) is 5.24. The summed E-state index contributed by atoms with van der Waals surface area (Å²) in [6.45, 7) is 3.16. The van der Waals surface area contributed by atoms with Crippen LogP contribution in [0.5, 0.6) is 0 Å². The van der Waals surface area contributed by atoms with Crippen molar-refractivity contribution in [2.45, 2.75) is 18.9 Å². The maximum atomic E-state index is 12.7. The number of aryl methyl sites for hydroxylation is 1. The summed E-state index contributed by atoms with van der Waals surface area (Å²) in [6.07, 6.45) is 2.12. The summed E-state index contributed by atoms with van der Waals surface area (Å²) in [6, 6.07) is 7.35. The number of rotatable bonds is 3. The lowest BCUT2D eigenvalue weighted by molar-refractivity contribution is 0.399. The Kier molecular flexibility index (Phi) is 3.69. The minimum atomic E-state index is -0.156. The molecular formula is C12H17FN2. The first-order valence-electron chi connectivity index (χ1n) is 5.53. The SMILES string of the molecule is Fc1ccc(CCC2CNCCN2)cc1. The van der Waals surface area contributed by atoms with Crippen LogP contribution in [0.3, 0.4) is 0 Å². The summed E-state index contributed by atoms with van der Waals surface area (Å²) in [5.74, 6) is -0.156. The largest absolute Gasteiger partial charge is 0.314 e. The van der Waals surface area contributed by atoms with E-state index in [0.29, 0.717) is 6.04 Å². The standard InChI is InChI=1S/C12H17FN2/c13-11-4-1-10(2-5-11)3-6-12-9-14-7-8-15-12/h1-2,4-5,12,14-15H,3,6-9H2. The van der Waals surface area contributed by atoms with Gasteiger partial charge in [0, 0.05) is 25.7 Å². The molecule has 1 atom stereocenters. The minimum Gasteiger partial charge on any atom is -0.314 e. The molecule has 0 bridgehead atoms. The summed E-state index contributed by atoms with van der Waals surface area (Å²) < 4.78 is 12.7. The number of hydrogen-bond donors (Lipinski definition) is 2. The minimum absolute atomic E-state index is 0.156. The summed E-state index contributed by atoms with van der Waals surface area (Å²) in [7, 11) is 0. The Morgan fingerprint density at radius 1 is 1.20 bits per heavy atom. The van der Waals surface area contributed by atoms with Crippen LogP contribution >= 0.6 is 0 Å². The molecule has 0 saturated carbocycles. The predicted molar refractivity (Wildman–Crippen MR) is 59.4 cm³/mol. The van der Waals surface area contributed by atoms with Crippen molar-refractivity contribution >= 4 is 0 Å². The lowest BCUT2D eigenvalue weighted by atomic mass is 10.0. The fourth-order valence-electron chi connectivity index (χ4n) is 1.91. The molecule has 1 aliphatic rings. The summed E-state index contributed by atoms with van der Waals surface area (Å²) >= 11 is 0. The molecule has 0 radical (unpaired) electrons. The molecule has 1 unspecified atom stereocenters. The monoisotopic (exact) mass is 208 g/mol. The van der Waals surface area contributed by atoms with Crippen LogP contribution in [0.4, 0.5) is 4.39 Å². The van der Waals surface area contributed by atoms with Gasteiger partial charge in [0.05, 0.1) is 0 Å². The van der Waals surface area contributed by atoms with Crippen LogP contribution in [-0.4, -0.2) is 25.7 Å². The quantitative estimate of drug-likeness (QED) is 0.783. The fraction of sp³-hybridized carbons (Fsp3) is 0.500. The van der Waals surface area contributed by atoms with E-state index in [4.69, 9.17) is 0 Å². The Balaban J connectivity index is 1.79. The molecule has 3 heteroatoms. The summed E-state index contributed by atoms with van der Waals surface area (Å²) in [5, 5.41) is 6.82. The van der Waals surface area contributed by atoms with Crippen LogP contribution in [0, 0.1) is 5.82 Å².